The Morgan fingerprint density at radius 3 is 2.78 bits per heavy atom. The molecule has 0 aliphatic heterocycles. The van der Waals surface area contributed by atoms with Crippen molar-refractivity contribution in [3.05, 3.63) is 36.2 Å². The molecule has 0 aliphatic rings. The lowest BCUT2D eigenvalue weighted by molar-refractivity contribution is 0.0905. The van der Waals surface area contributed by atoms with Gasteiger partial charge in [0.2, 0.25) is 0 Å². The number of aromatic nitrogens is 2. The van der Waals surface area contributed by atoms with E-state index in [1.165, 1.54) is 0 Å². The van der Waals surface area contributed by atoms with Crippen molar-refractivity contribution < 1.29 is 9.53 Å². The first-order chi connectivity index (χ1) is 8.70. The molecule has 0 unspecified atom stereocenters. The molecule has 0 spiro atoms. The van der Waals surface area contributed by atoms with Crippen molar-refractivity contribution in [1.29, 1.82) is 0 Å². The van der Waals surface area contributed by atoms with Crippen molar-refractivity contribution in [3.63, 3.8) is 0 Å². The van der Waals surface area contributed by atoms with E-state index in [0.717, 1.165) is 5.52 Å². The summed E-state index contributed by atoms with van der Waals surface area (Å²) in [5.74, 6) is -0.132. The van der Waals surface area contributed by atoms with Crippen molar-refractivity contribution in [3.8, 4) is 0 Å². The lowest BCUT2D eigenvalue weighted by Crippen LogP contribution is -2.35. The molecule has 0 fully saturated rings. The third kappa shape index (κ3) is 2.81. The van der Waals surface area contributed by atoms with Crippen LogP contribution in [0.25, 0.3) is 11.0 Å². The van der Waals surface area contributed by atoms with Gasteiger partial charge in [0, 0.05) is 31.1 Å². The van der Waals surface area contributed by atoms with Crippen molar-refractivity contribution in [1.82, 2.24) is 15.3 Å². The molecular formula is C13H15N3O2. The Kier molecular flexibility index (Phi) is 3.84. The average molecular weight is 245 g/mol. The standard InChI is InChI=1S/C13H15N3O2/c1-9(8-18-2)16-13(17)10-3-4-11-12(7-10)15-6-5-14-11/h3-7,9H,8H2,1-2H3,(H,16,17)/t9-/m0/s1. The van der Waals surface area contributed by atoms with Gasteiger partial charge in [0.15, 0.2) is 0 Å². The zero-order chi connectivity index (χ0) is 13.0. The minimum absolute atomic E-state index is 0.0277. The van der Waals surface area contributed by atoms with Gasteiger partial charge in [-0.2, -0.15) is 0 Å². The average Bonchev–Trinajstić information content (AvgIpc) is 2.38. The summed E-state index contributed by atoms with van der Waals surface area (Å²) in [5, 5.41) is 2.85. The fraction of sp³-hybridized carbons (Fsp3) is 0.308. The van der Waals surface area contributed by atoms with Gasteiger partial charge < -0.3 is 10.1 Å². The van der Waals surface area contributed by atoms with Crippen molar-refractivity contribution >= 4 is 16.9 Å². The number of carbonyl (C=O) groups is 1. The maximum Gasteiger partial charge on any atom is 0.251 e. The third-order valence-corrected chi connectivity index (χ3v) is 2.53. The molecular weight excluding hydrogens is 230 g/mol. The first-order valence-electron chi connectivity index (χ1n) is 5.71. The van der Waals surface area contributed by atoms with Crippen molar-refractivity contribution in [2.24, 2.45) is 0 Å². The minimum Gasteiger partial charge on any atom is -0.383 e. The number of fused-ring (bicyclic) bond motifs is 1. The van der Waals surface area contributed by atoms with E-state index in [1.807, 2.05) is 6.92 Å². The third-order valence-electron chi connectivity index (χ3n) is 2.53. The van der Waals surface area contributed by atoms with E-state index in [2.05, 4.69) is 15.3 Å². The smallest absolute Gasteiger partial charge is 0.251 e. The highest BCUT2D eigenvalue weighted by atomic mass is 16.5. The molecule has 5 heteroatoms. The predicted octanol–water partition coefficient (Wildman–Crippen LogP) is 1.39. The lowest BCUT2D eigenvalue weighted by Gasteiger charge is -2.12. The van der Waals surface area contributed by atoms with Gasteiger partial charge in [-0.25, -0.2) is 0 Å². The summed E-state index contributed by atoms with van der Waals surface area (Å²) in [7, 11) is 1.61. The summed E-state index contributed by atoms with van der Waals surface area (Å²) in [6.45, 7) is 2.38. The van der Waals surface area contributed by atoms with Gasteiger partial charge in [0.05, 0.1) is 17.6 Å². The van der Waals surface area contributed by atoms with Crippen LogP contribution < -0.4 is 5.32 Å². The molecule has 0 bridgehead atoms. The highest BCUT2D eigenvalue weighted by Gasteiger charge is 2.10. The number of methoxy groups -OCH3 is 1. The Morgan fingerprint density at radius 2 is 2.06 bits per heavy atom. The van der Waals surface area contributed by atoms with Crippen LogP contribution in [-0.2, 0) is 4.74 Å². The quantitative estimate of drug-likeness (QED) is 0.884. The van der Waals surface area contributed by atoms with E-state index in [4.69, 9.17) is 4.74 Å². The first kappa shape index (κ1) is 12.4. The van der Waals surface area contributed by atoms with Crippen LogP contribution in [0.15, 0.2) is 30.6 Å². The van der Waals surface area contributed by atoms with Crippen molar-refractivity contribution in [2.75, 3.05) is 13.7 Å². The van der Waals surface area contributed by atoms with Crippen LogP contribution in [0, 0.1) is 0 Å². The van der Waals surface area contributed by atoms with Gasteiger partial charge in [0.1, 0.15) is 0 Å². The van der Waals surface area contributed by atoms with E-state index < -0.39 is 0 Å². The molecule has 0 saturated heterocycles. The van der Waals surface area contributed by atoms with Gasteiger partial charge in [-0.3, -0.25) is 14.8 Å². The van der Waals surface area contributed by atoms with Crippen LogP contribution >= 0.6 is 0 Å². The van der Waals surface area contributed by atoms with Crippen LogP contribution in [-0.4, -0.2) is 35.6 Å². The Balaban J connectivity index is 2.17. The molecule has 2 rings (SSSR count). The Morgan fingerprint density at radius 1 is 1.33 bits per heavy atom. The second-order valence-electron chi connectivity index (χ2n) is 4.09. The molecule has 94 valence electrons. The molecule has 1 amide bonds. The number of ether oxygens (including phenoxy) is 1. The molecule has 0 saturated carbocycles. The van der Waals surface area contributed by atoms with Crippen LogP contribution in [0.3, 0.4) is 0 Å². The highest BCUT2D eigenvalue weighted by molar-refractivity contribution is 5.97. The van der Waals surface area contributed by atoms with Gasteiger partial charge >= 0.3 is 0 Å². The van der Waals surface area contributed by atoms with E-state index in [-0.39, 0.29) is 11.9 Å². The number of rotatable bonds is 4. The molecule has 2 aromatic rings. The molecule has 1 aromatic heterocycles. The fourth-order valence-electron chi connectivity index (χ4n) is 1.70. The summed E-state index contributed by atoms with van der Waals surface area (Å²) >= 11 is 0. The first-order valence-corrected chi connectivity index (χ1v) is 5.71. The van der Waals surface area contributed by atoms with Crippen molar-refractivity contribution in [2.45, 2.75) is 13.0 Å². The van der Waals surface area contributed by atoms with E-state index in [9.17, 15) is 4.79 Å². The topological polar surface area (TPSA) is 64.1 Å². The van der Waals surface area contributed by atoms with Crippen LogP contribution in [0.1, 0.15) is 17.3 Å². The maximum atomic E-state index is 12.0. The predicted molar refractivity (Wildman–Crippen MR) is 68.3 cm³/mol. The largest absolute Gasteiger partial charge is 0.383 e. The summed E-state index contributed by atoms with van der Waals surface area (Å²) < 4.78 is 4.97. The van der Waals surface area contributed by atoms with E-state index in [0.29, 0.717) is 17.7 Å². The van der Waals surface area contributed by atoms with E-state index >= 15 is 0 Å². The fourth-order valence-corrected chi connectivity index (χ4v) is 1.70. The van der Waals surface area contributed by atoms with Gasteiger partial charge in [0.25, 0.3) is 5.91 Å². The van der Waals surface area contributed by atoms with Gasteiger partial charge in [-0.1, -0.05) is 0 Å². The molecule has 0 aliphatic carbocycles. The van der Waals surface area contributed by atoms with Crippen LogP contribution in [0.4, 0.5) is 0 Å². The number of hydrogen-bond donors (Lipinski definition) is 1. The number of nitrogens with one attached hydrogen (secondary N) is 1. The summed E-state index contributed by atoms with van der Waals surface area (Å²) in [4.78, 5) is 20.3. The monoisotopic (exact) mass is 245 g/mol. The lowest BCUT2D eigenvalue weighted by atomic mass is 10.1. The normalized spacial score (nSPS) is 12.3. The van der Waals surface area contributed by atoms with E-state index in [1.54, 1.807) is 37.7 Å². The molecule has 0 radical (unpaired) electrons. The number of nitrogens with zero attached hydrogens (tertiary/aromatic N) is 2. The second-order valence-corrected chi connectivity index (χ2v) is 4.09. The highest BCUT2D eigenvalue weighted by Crippen LogP contribution is 2.10. The zero-order valence-corrected chi connectivity index (χ0v) is 10.4. The number of carbonyl (C=O) groups excluding carboxylic acids is 1. The van der Waals surface area contributed by atoms with Gasteiger partial charge in [-0.15, -0.1) is 0 Å². The summed E-state index contributed by atoms with van der Waals surface area (Å²) in [5.41, 5.74) is 2.06. The SMILES string of the molecule is COC[C@H](C)NC(=O)c1ccc2nccnc2c1. The Labute approximate surface area is 105 Å². The van der Waals surface area contributed by atoms with Crippen LogP contribution in [0.5, 0.6) is 0 Å². The minimum atomic E-state index is -0.132. The summed E-state index contributed by atoms with van der Waals surface area (Å²) in [6.07, 6.45) is 3.24. The number of benzene rings is 1. The second kappa shape index (κ2) is 5.55. The van der Waals surface area contributed by atoms with Crippen LogP contribution in [0.2, 0.25) is 0 Å². The Bertz CT molecular complexity index is 557. The molecule has 1 aromatic carbocycles. The molecule has 1 N–H and O–H groups in total. The summed E-state index contributed by atoms with van der Waals surface area (Å²) in [6, 6.07) is 5.24. The molecule has 5 nitrogen and oxygen atoms in total. The molecule has 1 atom stereocenters. The van der Waals surface area contributed by atoms with Gasteiger partial charge in [-0.05, 0) is 25.1 Å². The maximum absolute atomic E-state index is 12.0. The number of hydrogen-bond acceptors (Lipinski definition) is 4. The zero-order valence-electron chi connectivity index (χ0n) is 10.4. The number of amides is 1. The molecule has 1 heterocycles. The Hall–Kier alpha value is -2.01. The molecule has 18 heavy (non-hydrogen) atoms.